The summed E-state index contributed by atoms with van der Waals surface area (Å²) in [5.41, 5.74) is 0. The van der Waals surface area contributed by atoms with Gasteiger partial charge in [0.2, 0.25) is 0 Å². The van der Waals surface area contributed by atoms with E-state index in [0.717, 1.165) is 4.90 Å². The molecule has 0 atom stereocenters. The molecule has 0 unspecified atom stereocenters. The Morgan fingerprint density at radius 3 is 2.75 bits per heavy atom. The highest BCUT2D eigenvalue weighted by Gasteiger charge is 1.86. The fourth-order valence-corrected chi connectivity index (χ4v) is 0.743. The zero-order valence-electron chi connectivity index (χ0n) is 3.87. The fourth-order valence-electron chi connectivity index (χ4n) is 0.331. The van der Waals surface area contributed by atoms with Gasteiger partial charge in [0.25, 0.3) is 0 Å². The van der Waals surface area contributed by atoms with Gasteiger partial charge in [-0.2, -0.15) is 5.10 Å². The molecule has 0 N–H and O–H groups in total. The molecule has 1 aromatic heterocycles. The van der Waals surface area contributed by atoms with Gasteiger partial charge >= 0.3 is 0 Å². The van der Waals surface area contributed by atoms with Crippen molar-refractivity contribution in [1.29, 1.82) is 0 Å². The van der Waals surface area contributed by atoms with Gasteiger partial charge in [0.05, 0.1) is 6.20 Å². The molecular weight excluding hydrogens is 144 g/mol. The van der Waals surface area contributed by atoms with E-state index in [9.17, 15) is 0 Å². The molecule has 0 aliphatic rings. The minimum absolute atomic E-state index is 0.373. The number of halogens is 1. The smallest absolute Gasteiger partial charge is 0.152 e. The number of hydrogen-bond donors (Lipinski definition) is 1. The predicted molar refractivity (Wildman–Crippen MR) is 34.3 cm³/mol. The summed E-state index contributed by atoms with van der Waals surface area (Å²) >= 11 is 9.39. The van der Waals surface area contributed by atoms with Crippen LogP contribution in [0.25, 0.3) is 0 Å². The van der Waals surface area contributed by atoms with Crippen molar-refractivity contribution in [2.45, 2.75) is 4.90 Å². The SMILES string of the molecule is Sc1cnnc(Cl)c1. The Kier molecular flexibility index (Phi) is 1.70. The van der Waals surface area contributed by atoms with Crippen LogP contribution in [0.5, 0.6) is 0 Å². The van der Waals surface area contributed by atoms with Crippen LogP contribution in [0.1, 0.15) is 0 Å². The lowest BCUT2D eigenvalue weighted by atomic mass is 10.6. The molecule has 1 heterocycles. The average Bonchev–Trinajstić information content (AvgIpc) is 1.64. The molecule has 0 amide bonds. The lowest BCUT2D eigenvalue weighted by Gasteiger charge is -1.85. The summed E-state index contributed by atoms with van der Waals surface area (Å²) in [6.45, 7) is 0. The second-order valence-electron chi connectivity index (χ2n) is 1.24. The molecule has 2 nitrogen and oxygen atoms in total. The van der Waals surface area contributed by atoms with Crippen LogP contribution in [-0.2, 0) is 0 Å². The minimum Gasteiger partial charge on any atom is -0.156 e. The molecule has 0 saturated carbocycles. The van der Waals surface area contributed by atoms with Crippen molar-refractivity contribution >= 4 is 24.2 Å². The molecule has 1 aromatic rings. The van der Waals surface area contributed by atoms with Crippen molar-refractivity contribution in [3.05, 3.63) is 17.4 Å². The Morgan fingerprint density at radius 2 is 2.38 bits per heavy atom. The molecule has 4 heteroatoms. The molecule has 1 rings (SSSR count). The first-order valence-corrected chi connectivity index (χ1v) is 2.79. The lowest BCUT2D eigenvalue weighted by Crippen LogP contribution is -1.78. The Morgan fingerprint density at radius 1 is 1.62 bits per heavy atom. The van der Waals surface area contributed by atoms with Crippen LogP contribution in [0, 0.1) is 0 Å². The van der Waals surface area contributed by atoms with Crippen molar-refractivity contribution in [2.24, 2.45) is 0 Å². The van der Waals surface area contributed by atoms with E-state index < -0.39 is 0 Å². The maximum atomic E-state index is 5.42. The zero-order chi connectivity index (χ0) is 5.98. The van der Waals surface area contributed by atoms with E-state index in [-0.39, 0.29) is 0 Å². The second kappa shape index (κ2) is 2.33. The third kappa shape index (κ3) is 1.35. The zero-order valence-corrected chi connectivity index (χ0v) is 5.52. The van der Waals surface area contributed by atoms with Crippen LogP contribution < -0.4 is 0 Å². The van der Waals surface area contributed by atoms with Gasteiger partial charge in [-0.3, -0.25) is 0 Å². The normalized spacial score (nSPS) is 9.25. The molecule has 0 radical (unpaired) electrons. The van der Waals surface area contributed by atoms with E-state index >= 15 is 0 Å². The van der Waals surface area contributed by atoms with Crippen LogP contribution in [0.3, 0.4) is 0 Å². The summed E-state index contributed by atoms with van der Waals surface area (Å²) in [6, 6.07) is 1.62. The first-order chi connectivity index (χ1) is 3.79. The third-order valence-corrected chi connectivity index (χ3v) is 1.04. The summed E-state index contributed by atoms with van der Waals surface area (Å²) in [7, 11) is 0. The van der Waals surface area contributed by atoms with Gasteiger partial charge in [-0.05, 0) is 6.07 Å². The number of hydrogen-bond acceptors (Lipinski definition) is 3. The number of rotatable bonds is 0. The Labute approximate surface area is 57.3 Å². The highest BCUT2D eigenvalue weighted by molar-refractivity contribution is 7.80. The van der Waals surface area contributed by atoms with E-state index in [4.69, 9.17) is 11.6 Å². The van der Waals surface area contributed by atoms with E-state index in [1.165, 1.54) is 6.20 Å². The van der Waals surface area contributed by atoms with Crippen LogP contribution in [0.15, 0.2) is 17.2 Å². The van der Waals surface area contributed by atoms with Gasteiger partial charge in [0.1, 0.15) is 0 Å². The highest BCUT2D eigenvalue weighted by Crippen LogP contribution is 2.07. The number of nitrogens with zero attached hydrogens (tertiary/aromatic N) is 2. The molecular formula is C4H3ClN2S. The van der Waals surface area contributed by atoms with Crippen LogP contribution >= 0.6 is 24.2 Å². The van der Waals surface area contributed by atoms with Gasteiger partial charge in [-0.15, -0.1) is 17.7 Å². The number of aromatic nitrogens is 2. The van der Waals surface area contributed by atoms with Crippen molar-refractivity contribution in [1.82, 2.24) is 10.2 Å². The molecule has 8 heavy (non-hydrogen) atoms. The van der Waals surface area contributed by atoms with E-state index in [2.05, 4.69) is 22.8 Å². The number of thiol groups is 1. The molecule has 0 saturated heterocycles. The first kappa shape index (κ1) is 5.85. The van der Waals surface area contributed by atoms with Crippen LogP contribution in [-0.4, -0.2) is 10.2 Å². The van der Waals surface area contributed by atoms with E-state index in [1.54, 1.807) is 6.07 Å². The summed E-state index contributed by atoms with van der Waals surface area (Å²) in [4.78, 5) is 0.727. The monoisotopic (exact) mass is 146 g/mol. The third-order valence-electron chi connectivity index (χ3n) is 0.610. The van der Waals surface area contributed by atoms with Crippen molar-refractivity contribution in [3.8, 4) is 0 Å². The molecule has 0 spiro atoms. The maximum absolute atomic E-state index is 5.42. The van der Waals surface area contributed by atoms with Gasteiger partial charge in [-0.1, -0.05) is 11.6 Å². The summed E-state index contributed by atoms with van der Waals surface area (Å²) in [6.07, 6.45) is 1.52. The Hall–Kier alpha value is -0.280. The van der Waals surface area contributed by atoms with Gasteiger partial charge in [-0.25, -0.2) is 0 Å². The lowest BCUT2D eigenvalue weighted by molar-refractivity contribution is 0.999. The Balaban J connectivity index is 3.08. The van der Waals surface area contributed by atoms with Crippen LogP contribution in [0.2, 0.25) is 5.15 Å². The minimum atomic E-state index is 0.373. The van der Waals surface area contributed by atoms with Crippen molar-refractivity contribution in [3.63, 3.8) is 0 Å². The second-order valence-corrected chi connectivity index (χ2v) is 2.14. The van der Waals surface area contributed by atoms with E-state index in [1.807, 2.05) is 0 Å². The quantitative estimate of drug-likeness (QED) is 0.561. The van der Waals surface area contributed by atoms with E-state index in [0.29, 0.717) is 5.15 Å². The summed E-state index contributed by atoms with van der Waals surface area (Å²) in [5, 5.41) is 7.40. The molecule has 42 valence electrons. The topological polar surface area (TPSA) is 25.8 Å². The van der Waals surface area contributed by atoms with Crippen molar-refractivity contribution in [2.75, 3.05) is 0 Å². The largest absolute Gasteiger partial charge is 0.156 e. The predicted octanol–water partition coefficient (Wildman–Crippen LogP) is 1.42. The molecule has 0 aromatic carbocycles. The van der Waals surface area contributed by atoms with Crippen LogP contribution in [0.4, 0.5) is 0 Å². The van der Waals surface area contributed by atoms with Gasteiger partial charge in [0.15, 0.2) is 5.15 Å². The first-order valence-electron chi connectivity index (χ1n) is 1.96. The summed E-state index contributed by atoms with van der Waals surface area (Å²) < 4.78 is 0. The standard InChI is InChI=1S/C4H3ClN2S/c5-4-1-3(8)2-6-7-4/h1-2H,(H,7,8). The molecule has 0 aliphatic heterocycles. The van der Waals surface area contributed by atoms with Gasteiger partial charge < -0.3 is 0 Å². The summed E-state index contributed by atoms with van der Waals surface area (Å²) in [5.74, 6) is 0. The molecule has 0 aliphatic carbocycles. The molecule has 0 bridgehead atoms. The maximum Gasteiger partial charge on any atom is 0.152 e. The highest BCUT2D eigenvalue weighted by atomic mass is 35.5. The van der Waals surface area contributed by atoms with Gasteiger partial charge in [0, 0.05) is 4.90 Å². The fraction of sp³-hybridized carbons (Fsp3) is 0. The van der Waals surface area contributed by atoms with Crippen molar-refractivity contribution < 1.29 is 0 Å². The average molecular weight is 147 g/mol. The molecule has 0 fully saturated rings. The Bertz CT molecular complexity index is 174.